The molecule has 2 aromatic heterocycles. The number of halogens is 2. The molecule has 0 aliphatic rings. The molecule has 2 aromatic carbocycles. The van der Waals surface area contributed by atoms with E-state index in [2.05, 4.69) is 22.1 Å². The number of hydrogen-bond donors (Lipinski definition) is 0. The molecule has 2 atom stereocenters. The van der Waals surface area contributed by atoms with Crippen molar-refractivity contribution in [3.63, 3.8) is 0 Å². The van der Waals surface area contributed by atoms with E-state index in [1.807, 2.05) is 49.0 Å². The number of nitrogens with zero attached hydrogens (tertiary/aromatic N) is 5. The molecular weight excluding hydrogens is 384 g/mol. The summed E-state index contributed by atoms with van der Waals surface area (Å²) in [7, 11) is 1.90. The van der Waals surface area contributed by atoms with Gasteiger partial charge in [0.1, 0.15) is 24.3 Å². The Balaban J connectivity index is 1.74. The molecule has 0 unspecified atom stereocenters. The van der Waals surface area contributed by atoms with E-state index in [0.717, 1.165) is 22.9 Å². The van der Waals surface area contributed by atoms with E-state index in [9.17, 15) is 8.78 Å². The lowest BCUT2D eigenvalue weighted by atomic mass is 9.69. The molecule has 0 amide bonds. The average molecular weight is 407 g/mol. The largest absolute Gasteiger partial charge is 0.268 e. The first-order valence-electron chi connectivity index (χ1n) is 9.75. The Kier molecular flexibility index (Phi) is 5.20. The van der Waals surface area contributed by atoms with Gasteiger partial charge in [0, 0.05) is 24.7 Å². The molecule has 0 saturated carbocycles. The van der Waals surface area contributed by atoms with Gasteiger partial charge in [0.2, 0.25) is 0 Å². The lowest BCUT2D eigenvalue weighted by molar-refractivity contribution is 0.310. The normalized spacial score (nSPS) is 14.4. The Morgan fingerprint density at radius 2 is 1.80 bits per heavy atom. The quantitative estimate of drug-likeness (QED) is 0.465. The maximum absolute atomic E-state index is 14.8. The van der Waals surface area contributed by atoms with E-state index in [1.165, 1.54) is 18.5 Å². The molecule has 154 valence electrons. The molecule has 4 aromatic rings. The molecule has 0 fully saturated rings. The van der Waals surface area contributed by atoms with Gasteiger partial charge in [-0.15, -0.1) is 0 Å². The minimum atomic E-state index is -0.681. The van der Waals surface area contributed by atoms with Crippen LogP contribution in [-0.2, 0) is 19.0 Å². The summed E-state index contributed by atoms with van der Waals surface area (Å²) in [5.74, 6) is -1.23. The molecular formula is C23H23F2N5. The highest BCUT2D eigenvalue weighted by Crippen LogP contribution is 2.41. The summed E-state index contributed by atoms with van der Waals surface area (Å²) in [5.41, 5.74) is 2.88. The zero-order chi connectivity index (χ0) is 21.3. The number of aryl methyl sites for hydroxylation is 1. The van der Waals surface area contributed by atoms with E-state index in [1.54, 1.807) is 17.2 Å². The third kappa shape index (κ3) is 3.63. The van der Waals surface area contributed by atoms with Gasteiger partial charge < -0.3 is 0 Å². The van der Waals surface area contributed by atoms with Crippen LogP contribution in [0.1, 0.15) is 30.9 Å². The first-order chi connectivity index (χ1) is 14.4. The van der Waals surface area contributed by atoms with Crippen molar-refractivity contribution in [2.75, 3.05) is 0 Å². The third-order valence-electron chi connectivity index (χ3n) is 5.99. The predicted molar refractivity (Wildman–Crippen MR) is 111 cm³/mol. The van der Waals surface area contributed by atoms with E-state index in [0.29, 0.717) is 12.1 Å². The molecule has 0 aliphatic carbocycles. The van der Waals surface area contributed by atoms with Crippen molar-refractivity contribution in [3.05, 3.63) is 90.1 Å². The molecule has 0 aliphatic heterocycles. The first-order valence-corrected chi connectivity index (χ1v) is 9.75. The van der Waals surface area contributed by atoms with Gasteiger partial charge in [0.05, 0.1) is 12.2 Å². The average Bonchev–Trinajstić information content (AvgIpc) is 3.39. The van der Waals surface area contributed by atoms with E-state index >= 15 is 0 Å². The monoisotopic (exact) mass is 407 g/mol. The highest BCUT2D eigenvalue weighted by molar-refractivity contribution is 5.59. The maximum atomic E-state index is 14.8. The first kappa shape index (κ1) is 19.9. The van der Waals surface area contributed by atoms with Crippen LogP contribution < -0.4 is 0 Å². The zero-order valence-electron chi connectivity index (χ0n) is 17.1. The Morgan fingerprint density at radius 1 is 1.03 bits per heavy atom. The summed E-state index contributed by atoms with van der Waals surface area (Å²) in [6, 6.07) is 13.9. The summed E-state index contributed by atoms with van der Waals surface area (Å²) in [6.07, 6.45) is 4.82. The van der Waals surface area contributed by atoms with Crippen LogP contribution in [-0.4, -0.2) is 24.5 Å². The van der Waals surface area contributed by atoms with Crippen LogP contribution in [0.4, 0.5) is 8.78 Å². The number of rotatable bonds is 6. The van der Waals surface area contributed by atoms with Crippen LogP contribution in [0.5, 0.6) is 0 Å². The second-order valence-electron chi connectivity index (χ2n) is 7.82. The summed E-state index contributed by atoms with van der Waals surface area (Å²) >= 11 is 0. The van der Waals surface area contributed by atoms with Crippen molar-refractivity contribution < 1.29 is 8.78 Å². The minimum absolute atomic E-state index is 0.0813. The van der Waals surface area contributed by atoms with Crippen LogP contribution in [0.3, 0.4) is 0 Å². The van der Waals surface area contributed by atoms with E-state index < -0.39 is 17.0 Å². The van der Waals surface area contributed by atoms with Gasteiger partial charge in [0.15, 0.2) is 0 Å². The topological polar surface area (TPSA) is 48.5 Å². The molecule has 4 rings (SSSR count). The van der Waals surface area contributed by atoms with Crippen molar-refractivity contribution in [1.29, 1.82) is 0 Å². The molecule has 0 saturated heterocycles. The zero-order valence-corrected chi connectivity index (χ0v) is 17.1. The highest BCUT2D eigenvalue weighted by Gasteiger charge is 2.37. The van der Waals surface area contributed by atoms with Crippen molar-refractivity contribution in [3.8, 4) is 11.3 Å². The molecule has 0 radical (unpaired) electrons. The van der Waals surface area contributed by atoms with E-state index in [4.69, 9.17) is 0 Å². The van der Waals surface area contributed by atoms with Crippen molar-refractivity contribution in [2.45, 2.75) is 31.7 Å². The predicted octanol–water partition coefficient (Wildman–Crippen LogP) is 4.72. The summed E-state index contributed by atoms with van der Waals surface area (Å²) in [5, 5.41) is 8.42. The van der Waals surface area contributed by atoms with Crippen LogP contribution in [0.2, 0.25) is 0 Å². The summed E-state index contributed by atoms with van der Waals surface area (Å²) < 4.78 is 31.9. The molecule has 0 bridgehead atoms. The Morgan fingerprint density at radius 3 is 2.40 bits per heavy atom. The number of benzene rings is 2. The van der Waals surface area contributed by atoms with Gasteiger partial charge in [0.25, 0.3) is 0 Å². The summed E-state index contributed by atoms with van der Waals surface area (Å²) in [6.45, 7) is 4.43. The molecule has 0 spiro atoms. The fourth-order valence-electron chi connectivity index (χ4n) is 4.03. The standard InChI is InChI=1S/C23H23F2N5/c1-16(17-4-6-18(7-5-17)22-10-11-27-29(22)3)23(2,13-30-15-26-14-28-30)20-9-8-19(24)12-21(20)25/h4-12,14-16H,13H2,1-3H3/t16-,23-/m0/s1. The molecule has 2 heterocycles. The Bertz CT molecular complexity index is 1130. The molecule has 0 N–H and O–H groups in total. The van der Waals surface area contributed by atoms with Gasteiger partial charge >= 0.3 is 0 Å². The van der Waals surface area contributed by atoms with Crippen LogP contribution in [0.25, 0.3) is 11.3 Å². The van der Waals surface area contributed by atoms with Gasteiger partial charge in [-0.1, -0.05) is 44.2 Å². The lowest BCUT2D eigenvalue weighted by Crippen LogP contribution is -2.35. The van der Waals surface area contributed by atoms with Crippen LogP contribution in [0.15, 0.2) is 67.4 Å². The van der Waals surface area contributed by atoms with E-state index in [-0.39, 0.29) is 5.92 Å². The van der Waals surface area contributed by atoms with Gasteiger partial charge in [-0.05, 0) is 34.7 Å². The maximum Gasteiger partial charge on any atom is 0.137 e. The fraction of sp³-hybridized carbons (Fsp3) is 0.261. The third-order valence-corrected chi connectivity index (χ3v) is 5.99. The molecule has 30 heavy (non-hydrogen) atoms. The number of aromatic nitrogens is 5. The molecule has 5 nitrogen and oxygen atoms in total. The van der Waals surface area contributed by atoms with Crippen LogP contribution >= 0.6 is 0 Å². The van der Waals surface area contributed by atoms with Crippen LogP contribution in [0, 0.1) is 11.6 Å². The van der Waals surface area contributed by atoms with Gasteiger partial charge in [-0.2, -0.15) is 10.2 Å². The smallest absolute Gasteiger partial charge is 0.137 e. The van der Waals surface area contributed by atoms with Crippen molar-refractivity contribution in [2.24, 2.45) is 7.05 Å². The number of hydrogen-bond acceptors (Lipinski definition) is 3. The van der Waals surface area contributed by atoms with Gasteiger partial charge in [-0.3, -0.25) is 9.36 Å². The fourth-order valence-corrected chi connectivity index (χ4v) is 4.03. The lowest BCUT2D eigenvalue weighted by Gasteiger charge is -2.37. The highest BCUT2D eigenvalue weighted by atomic mass is 19.1. The van der Waals surface area contributed by atoms with Gasteiger partial charge in [-0.25, -0.2) is 13.8 Å². The molecule has 7 heteroatoms. The summed E-state index contributed by atoms with van der Waals surface area (Å²) in [4.78, 5) is 4.01. The second kappa shape index (κ2) is 7.82. The van der Waals surface area contributed by atoms with Crippen molar-refractivity contribution >= 4 is 0 Å². The second-order valence-corrected chi connectivity index (χ2v) is 7.82. The van der Waals surface area contributed by atoms with Crippen molar-refractivity contribution in [1.82, 2.24) is 24.5 Å². The SMILES string of the molecule is C[C@@H](c1ccc(-c2ccnn2C)cc1)[C@](C)(Cn1cncn1)c1ccc(F)cc1F. The Hall–Kier alpha value is -3.35. The minimum Gasteiger partial charge on any atom is -0.268 e. The Labute approximate surface area is 174 Å².